The second-order valence-corrected chi connectivity index (χ2v) is 8.43. The molecule has 1 aliphatic heterocycles. The highest BCUT2D eigenvalue weighted by molar-refractivity contribution is 5.95. The Morgan fingerprint density at radius 1 is 0.771 bits per heavy atom. The van der Waals surface area contributed by atoms with Crippen molar-refractivity contribution < 1.29 is 14.2 Å². The van der Waals surface area contributed by atoms with Crippen LogP contribution in [-0.4, -0.2) is 20.4 Å². The van der Waals surface area contributed by atoms with Gasteiger partial charge in [-0.1, -0.05) is 66.2 Å². The molecule has 0 radical (unpaired) electrons. The number of hydrogen-bond donors (Lipinski definition) is 0. The van der Waals surface area contributed by atoms with Crippen LogP contribution in [0, 0.1) is 6.92 Å². The third-order valence-electron chi connectivity index (χ3n) is 6.18. The number of methoxy groups -OCH3 is 2. The fourth-order valence-electron chi connectivity index (χ4n) is 4.40. The zero-order valence-corrected chi connectivity index (χ0v) is 20.1. The summed E-state index contributed by atoms with van der Waals surface area (Å²) in [6.45, 7) is 2.07. The van der Waals surface area contributed by atoms with E-state index >= 15 is 0 Å². The largest absolute Gasteiger partial charge is 0.493 e. The molecule has 0 aromatic heterocycles. The van der Waals surface area contributed by atoms with Crippen molar-refractivity contribution in [2.24, 2.45) is 4.99 Å². The normalized spacial score (nSPS) is 15.0. The van der Waals surface area contributed by atoms with E-state index in [0.29, 0.717) is 11.5 Å². The number of hydrogen-bond acceptors (Lipinski definition) is 4. The van der Waals surface area contributed by atoms with Crippen molar-refractivity contribution in [3.05, 3.63) is 125 Å². The summed E-state index contributed by atoms with van der Waals surface area (Å²) in [6, 6.07) is 32.7. The molecular formula is C31H27NO3. The highest BCUT2D eigenvalue weighted by Crippen LogP contribution is 2.46. The van der Waals surface area contributed by atoms with E-state index in [9.17, 15) is 0 Å². The number of allylic oxidation sites excluding steroid dienone is 1. The molecule has 0 saturated heterocycles. The SMILES string of the molecule is COc1ccc(C2=C(C=Nc3ccc(C)cc3)[C@@H](c3ccccc3)c3ccccc3O2)cc1OC. The average molecular weight is 462 g/mol. The van der Waals surface area contributed by atoms with Crippen molar-refractivity contribution in [2.75, 3.05) is 14.2 Å². The van der Waals surface area contributed by atoms with Crippen LogP contribution in [0.5, 0.6) is 17.2 Å². The lowest BCUT2D eigenvalue weighted by Crippen LogP contribution is -2.17. The molecule has 0 N–H and O–H groups in total. The number of aliphatic imine (C=N–C) groups is 1. The predicted octanol–water partition coefficient (Wildman–Crippen LogP) is 7.35. The van der Waals surface area contributed by atoms with Crippen molar-refractivity contribution in [1.82, 2.24) is 0 Å². The van der Waals surface area contributed by atoms with Gasteiger partial charge in [-0.25, -0.2) is 0 Å². The molecular weight excluding hydrogens is 434 g/mol. The summed E-state index contributed by atoms with van der Waals surface area (Å²) in [5.74, 6) is 2.85. The maximum Gasteiger partial charge on any atom is 0.161 e. The quantitative estimate of drug-likeness (QED) is 0.282. The van der Waals surface area contributed by atoms with Crippen LogP contribution >= 0.6 is 0 Å². The number of fused-ring (bicyclic) bond motifs is 1. The Balaban J connectivity index is 1.73. The first-order valence-electron chi connectivity index (χ1n) is 11.6. The molecule has 4 aromatic rings. The van der Waals surface area contributed by atoms with Crippen LogP contribution < -0.4 is 14.2 Å². The van der Waals surface area contributed by atoms with Gasteiger partial charge in [0.2, 0.25) is 0 Å². The number of para-hydroxylation sites is 1. The van der Waals surface area contributed by atoms with Crippen LogP contribution in [0.15, 0.2) is 108 Å². The van der Waals surface area contributed by atoms with Gasteiger partial charge in [-0.05, 0) is 48.9 Å². The number of ether oxygens (including phenoxy) is 3. The van der Waals surface area contributed by atoms with Crippen LogP contribution in [0.3, 0.4) is 0 Å². The van der Waals surface area contributed by atoms with Crippen LogP contribution in [0.2, 0.25) is 0 Å². The lowest BCUT2D eigenvalue weighted by atomic mass is 9.81. The first-order valence-corrected chi connectivity index (χ1v) is 11.6. The molecule has 1 aliphatic rings. The van der Waals surface area contributed by atoms with E-state index in [0.717, 1.165) is 33.9 Å². The van der Waals surface area contributed by atoms with Crippen molar-refractivity contribution in [2.45, 2.75) is 12.8 Å². The van der Waals surface area contributed by atoms with Crippen LogP contribution in [0.4, 0.5) is 5.69 Å². The highest BCUT2D eigenvalue weighted by atomic mass is 16.5. The number of nitrogens with zero attached hydrogens (tertiary/aromatic N) is 1. The summed E-state index contributed by atoms with van der Waals surface area (Å²) >= 11 is 0. The van der Waals surface area contributed by atoms with Crippen LogP contribution in [0.25, 0.3) is 5.76 Å². The van der Waals surface area contributed by atoms with Crippen LogP contribution in [0.1, 0.15) is 28.2 Å². The van der Waals surface area contributed by atoms with Gasteiger partial charge in [-0.3, -0.25) is 4.99 Å². The third-order valence-corrected chi connectivity index (χ3v) is 6.18. The molecule has 4 aromatic carbocycles. The Morgan fingerprint density at radius 3 is 2.23 bits per heavy atom. The van der Waals surface area contributed by atoms with E-state index in [1.165, 1.54) is 11.1 Å². The minimum absolute atomic E-state index is 0.0431. The zero-order valence-electron chi connectivity index (χ0n) is 20.1. The Morgan fingerprint density at radius 2 is 1.49 bits per heavy atom. The Kier molecular flexibility index (Phi) is 6.36. The molecule has 35 heavy (non-hydrogen) atoms. The van der Waals surface area contributed by atoms with Gasteiger partial charge < -0.3 is 14.2 Å². The summed E-state index contributed by atoms with van der Waals surface area (Å²) in [5, 5.41) is 0. The molecule has 0 aliphatic carbocycles. The number of aryl methyl sites for hydroxylation is 1. The van der Waals surface area contributed by atoms with Gasteiger partial charge in [0, 0.05) is 28.8 Å². The summed E-state index contributed by atoms with van der Waals surface area (Å²) in [6.07, 6.45) is 1.93. The lowest BCUT2D eigenvalue weighted by Gasteiger charge is -2.30. The van der Waals surface area contributed by atoms with Crippen LogP contribution in [-0.2, 0) is 0 Å². The van der Waals surface area contributed by atoms with E-state index in [1.807, 2.05) is 60.8 Å². The Hall–Kier alpha value is -4.31. The maximum absolute atomic E-state index is 6.55. The predicted molar refractivity (Wildman–Crippen MR) is 141 cm³/mol. The standard InChI is InChI=1S/C31H27NO3/c1-21-13-16-24(17-14-21)32-20-26-30(22-9-5-4-6-10-22)25-11-7-8-12-27(25)35-31(26)23-15-18-28(33-2)29(19-23)34-3/h4-20,30H,1-3H3/t30-/m0/s1. The summed E-state index contributed by atoms with van der Waals surface area (Å²) in [5.41, 5.74) is 6.23. The van der Waals surface area contributed by atoms with Gasteiger partial charge in [0.25, 0.3) is 0 Å². The molecule has 5 rings (SSSR count). The molecule has 4 nitrogen and oxygen atoms in total. The molecule has 0 fully saturated rings. The average Bonchev–Trinajstić information content (AvgIpc) is 2.92. The molecule has 0 bridgehead atoms. The summed E-state index contributed by atoms with van der Waals surface area (Å²) < 4.78 is 17.6. The molecule has 0 amide bonds. The monoisotopic (exact) mass is 461 g/mol. The zero-order chi connectivity index (χ0) is 24.2. The van der Waals surface area contributed by atoms with E-state index in [-0.39, 0.29) is 5.92 Å². The van der Waals surface area contributed by atoms with Gasteiger partial charge in [0.1, 0.15) is 11.5 Å². The first-order chi connectivity index (χ1) is 17.2. The van der Waals surface area contributed by atoms with Gasteiger partial charge >= 0.3 is 0 Å². The topological polar surface area (TPSA) is 40.0 Å². The maximum atomic E-state index is 6.55. The van der Waals surface area contributed by atoms with Gasteiger partial charge in [0.15, 0.2) is 11.5 Å². The first kappa shape index (κ1) is 22.5. The highest BCUT2D eigenvalue weighted by Gasteiger charge is 2.31. The minimum Gasteiger partial charge on any atom is -0.493 e. The second kappa shape index (κ2) is 9.90. The molecule has 4 heteroatoms. The summed E-state index contributed by atoms with van der Waals surface area (Å²) in [7, 11) is 3.27. The second-order valence-electron chi connectivity index (χ2n) is 8.43. The van der Waals surface area contributed by atoms with Gasteiger partial charge in [-0.2, -0.15) is 0 Å². The number of rotatable bonds is 6. The summed E-state index contributed by atoms with van der Waals surface area (Å²) in [4.78, 5) is 4.85. The van der Waals surface area contributed by atoms with E-state index < -0.39 is 0 Å². The van der Waals surface area contributed by atoms with E-state index in [2.05, 4.69) is 49.4 Å². The fraction of sp³-hybridized carbons (Fsp3) is 0.129. The number of benzene rings is 4. The van der Waals surface area contributed by atoms with Crippen molar-refractivity contribution in [1.29, 1.82) is 0 Å². The van der Waals surface area contributed by atoms with E-state index in [4.69, 9.17) is 19.2 Å². The van der Waals surface area contributed by atoms with Gasteiger partial charge in [0.05, 0.1) is 19.9 Å². The Labute approximate surface area is 206 Å². The van der Waals surface area contributed by atoms with E-state index in [1.54, 1.807) is 14.2 Å². The third kappa shape index (κ3) is 4.56. The molecule has 0 spiro atoms. The molecule has 1 heterocycles. The minimum atomic E-state index is -0.0431. The molecule has 0 saturated carbocycles. The van der Waals surface area contributed by atoms with Gasteiger partial charge in [-0.15, -0.1) is 0 Å². The fourth-order valence-corrected chi connectivity index (χ4v) is 4.40. The molecule has 174 valence electrons. The molecule has 1 atom stereocenters. The van der Waals surface area contributed by atoms with Crippen molar-refractivity contribution in [3.63, 3.8) is 0 Å². The van der Waals surface area contributed by atoms with Crippen molar-refractivity contribution >= 4 is 17.7 Å². The smallest absolute Gasteiger partial charge is 0.161 e. The lowest BCUT2D eigenvalue weighted by molar-refractivity contribution is 0.354. The Bertz CT molecular complexity index is 1390. The van der Waals surface area contributed by atoms with Crippen molar-refractivity contribution in [3.8, 4) is 17.2 Å². The molecule has 0 unspecified atom stereocenters.